The molecule has 2 aromatic carbocycles. The quantitative estimate of drug-likeness (QED) is 0.903. The van der Waals surface area contributed by atoms with E-state index in [1.165, 1.54) is 0 Å². The summed E-state index contributed by atoms with van der Waals surface area (Å²) >= 11 is 0. The highest BCUT2D eigenvalue weighted by Crippen LogP contribution is 2.43. The summed E-state index contributed by atoms with van der Waals surface area (Å²) in [4.78, 5) is 0. The number of benzene rings is 2. The number of aromatic hydroxyl groups is 1. The second-order valence-corrected chi connectivity index (χ2v) is 5.71. The van der Waals surface area contributed by atoms with Crippen molar-refractivity contribution in [2.45, 2.75) is 30.8 Å². The van der Waals surface area contributed by atoms with Crippen LogP contribution in [0.5, 0.6) is 5.75 Å². The van der Waals surface area contributed by atoms with Gasteiger partial charge in [-0.15, -0.1) is 0 Å². The fourth-order valence-electron chi connectivity index (χ4n) is 2.95. The van der Waals surface area contributed by atoms with Crippen LogP contribution in [0.25, 0.3) is 0 Å². The minimum atomic E-state index is -0.326. The molecule has 3 nitrogen and oxygen atoms in total. The Morgan fingerprint density at radius 3 is 2.38 bits per heavy atom. The van der Waals surface area contributed by atoms with Gasteiger partial charge in [0.05, 0.1) is 11.5 Å². The van der Waals surface area contributed by atoms with Crippen LogP contribution < -0.4 is 5.32 Å². The lowest BCUT2D eigenvalue weighted by molar-refractivity contribution is 0.225. The maximum absolute atomic E-state index is 9.52. The molecule has 2 N–H and O–H groups in total. The Bertz CT molecular complexity index is 637. The van der Waals surface area contributed by atoms with Crippen LogP contribution in [0.15, 0.2) is 54.6 Å². The van der Waals surface area contributed by atoms with Gasteiger partial charge < -0.3 is 10.4 Å². The number of hydrogen-bond acceptors (Lipinski definition) is 3. The van der Waals surface area contributed by atoms with E-state index in [1.54, 1.807) is 12.1 Å². The number of nitrogens with zero attached hydrogens (tertiary/aromatic N) is 1. The van der Waals surface area contributed by atoms with E-state index >= 15 is 0 Å². The van der Waals surface area contributed by atoms with E-state index in [9.17, 15) is 10.4 Å². The Morgan fingerprint density at radius 2 is 1.76 bits per heavy atom. The molecule has 1 saturated carbocycles. The van der Waals surface area contributed by atoms with Crippen LogP contribution in [-0.2, 0) is 12.0 Å². The van der Waals surface area contributed by atoms with E-state index in [0.717, 1.165) is 30.5 Å². The van der Waals surface area contributed by atoms with E-state index in [1.807, 2.05) is 42.5 Å². The fraction of sp³-hybridized carbons (Fsp3) is 0.278. The van der Waals surface area contributed by atoms with E-state index in [-0.39, 0.29) is 11.2 Å². The Hall–Kier alpha value is -2.31. The van der Waals surface area contributed by atoms with Crippen LogP contribution in [0.4, 0.5) is 0 Å². The molecule has 1 fully saturated rings. The van der Waals surface area contributed by atoms with Crippen LogP contribution in [-0.4, -0.2) is 11.1 Å². The number of phenolic OH excluding ortho intramolecular Hbond substituents is 1. The zero-order valence-electron chi connectivity index (χ0n) is 11.8. The molecule has 2 aromatic rings. The van der Waals surface area contributed by atoms with Crippen molar-refractivity contribution in [1.82, 2.24) is 5.32 Å². The van der Waals surface area contributed by atoms with Crippen LogP contribution in [0.3, 0.4) is 0 Å². The first-order chi connectivity index (χ1) is 10.2. The third kappa shape index (κ3) is 2.76. The largest absolute Gasteiger partial charge is 0.508 e. The molecule has 106 valence electrons. The molecule has 0 unspecified atom stereocenters. The Kier molecular flexibility index (Phi) is 3.64. The molecular formula is C18H18N2O. The summed E-state index contributed by atoms with van der Waals surface area (Å²) in [6.07, 6.45) is 1.71. The van der Waals surface area contributed by atoms with Gasteiger partial charge in [-0.2, -0.15) is 5.26 Å². The molecule has 0 aromatic heterocycles. The lowest BCUT2D eigenvalue weighted by atomic mass is 9.62. The van der Waals surface area contributed by atoms with Crippen molar-refractivity contribution < 1.29 is 5.11 Å². The average Bonchev–Trinajstić information content (AvgIpc) is 2.49. The Balaban J connectivity index is 1.58. The molecule has 0 aliphatic heterocycles. The third-order valence-corrected chi connectivity index (χ3v) is 4.26. The molecule has 0 heterocycles. The molecule has 1 aliphatic rings. The minimum Gasteiger partial charge on any atom is -0.508 e. The van der Waals surface area contributed by atoms with Crippen molar-refractivity contribution in [3.05, 3.63) is 65.7 Å². The normalized spacial score (nSPS) is 24.0. The van der Waals surface area contributed by atoms with E-state index in [4.69, 9.17) is 0 Å². The van der Waals surface area contributed by atoms with Gasteiger partial charge in [-0.1, -0.05) is 42.5 Å². The molecule has 21 heavy (non-hydrogen) atoms. The molecule has 0 atom stereocenters. The lowest BCUT2D eigenvalue weighted by Crippen LogP contribution is -2.50. The lowest BCUT2D eigenvalue weighted by Gasteiger charge is -2.43. The van der Waals surface area contributed by atoms with E-state index in [2.05, 4.69) is 11.4 Å². The van der Waals surface area contributed by atoms with Crippen LogP contribution in [0.2, 0.25) is 0 Å². The van der Waals surface area contributed by atoms with Gasteiger partial charge in [0.25, 0.3) is 0 Å². The first-order valence-electron chi connectivity index (χ1n) is 7.20. The summed E-state index contributed by atoms with van der Waals surface area (Å²) in [5.41, 5.74) is 1.94. The highest BCUT2D eigenvalue weighted by Gasteiger charge is 2.45. The van der Waals surface area contributed by atoms with Gasteiger partial charge in [0.15, 0.2) is 0 Å². The second kappa shape index (κ2) is 5.59. The van der Waals surface area contributed by atoms with E-state index < -0.39 is 0 Å². The number of nitrogens with one attached hydrogen (secondary N) is 1. The van der Waals surface area contributed by atoms with Gasteiger partial charge in [-0.3, -0.25) is 0 Å². The highest BCUT2D eigenvalue weighted by atomic mass is 16.3. The zero-order valence-corrected chi connectivity index (χ0v) is 11.8. The van der Waals surface area contributed by atoms with Gasteiger partial charge >= 0.3 is 0 Å². The summed E-state index contributed by atoms with van der Waals surface area (Å²) in [6, 6.07) is 20.1. The first kappa shape index (κ1) is 13.7. The maximum atomic E-state index is 9.52. The predicted molar refractivity (Wildman–Crippen MR) is 81.7 cm³/mol. The van der Waals surface area contributed by atoms with E-state index in [0.29, 0.717) is 6.04 Å². The van der Waals surface area contributed by atoms with Crippen LogP contribution in [0, 0.1) is 11.3 Å². The third-order valence-electron chi connectivity index (χ3n) is 4.26. The van der Waals surface area contributed by atoms with Gasteiger partial charge in [0.2, 0.25) is 0 Å². The van der Waals surface area contributed by atoms with Gasteiger partial charge in [-0.05, 0) is 36.1 Å². The number of hydrogen-bond donors (Lipinski definition) is 2. The van der Waals surface area contributed by atoms with Crippen LogP contribution in [0.1, 0.15) is 24.0 Å². The van der Waals surface area contributed by atoms with Crippen molar-refractivity contribution in [3.8, 4) is 11.8 Å². The number of nitriles is 1. The van der Waals surface area contributed by atoms with Crippen molar-refractivity contribution >= 4 is 0 Å². The topological polar surface area (TPSA) is 56.0 Å². The molecule has 0 radical (unpaired) electrons. The molecule has 1 aliphatic carbocycles. The monoisotopic (exact) mass is 278 g/mol. The van der Waals surface area contributed by atoms with Crippen molar-refractivity contribution in [3.63, 3.8) is 0 Å². The Morgan fingerprint density at radius 1 is 1.10 bits per heavy atom. The predicted octanol–water partition coefficient (Wildman–Crippen LogP) is 3.11. The molecule has 0 amide bonds. The zero-order chi connectivity index (χ0) is 14.7. The summed E-state index contributed by atoms with van der Waals surface area (Å²) in [7, 11) is 0. The minimum absolute atomic E-state index is 0.287. The first-order valence-corrected chi connectivity index (χ1v) is 7.20. The van der Waals surface area contributed by atoms with Crippen molar-refractivity contribution in [2.24, 2.45) is 0 Å². The summed E-state index contributed by atoms with van der Waals surface area (Å²) in [5.74, 6) is 0.287. The average molecular weight is 278 g/mol. The Labute approximate surface area is 124 Å². The van der Waals surface area contributed by atoms with Crippen LogP contribution >= 0.6 is 0 Å². The van der Waals surface area contributed by atoms with Gasteiger partial charge in [-0.25, -0.2) is 0 Å². The summed E-state index contributed by atoms with van der Waals surface area (Å²) < 4.78 is 0. The molecule has 3 heteroatoms. The summed E-state index contributed by atoms with van der Waals surface area (Å²) in [5, 5.41) is 22.3. The highest BCUT2D eigenvalue weighted by molar-refractivity contribution is 5.37. The van der Waals surface area contributed by atoms with Gasteiger partial charge in [0, 0.05) is 12.6 Å². The standard InChI is InChI=1S/C18H18N2O/c19-13-18(15-4-2-1-3-5-15)10-16(11-18)20-12-14-6-8-17(21)9-7-14/h1-9,16,20-21H,10-12H2. The maximum Gasteiger partial charge on any atom is 0.115 e. The van der Waals surface area contributed by atoms with Crippen molar-refractivity contribution in [1.29, 1.82) is 5.26 Å². The van der Waals surface area contributed by atoms with Gasteiger partial charge in [0.1, 0.15) is 5.75 Å². The number of rotatable bonds is 4. The molecular weight excluding hydrogens is 260 g/mol. The number of phenols is 1. The van der Waals surface area contributed by atoms with Crippen molar-refractivity contribution in [2.75, 3.05) is 0 Å². The molecule has 0 saturated heterocycles. The fourth-order valence-corrected chi connectivity index (χ4v) is 2.95. The second-order valence-electron chi connectivity index (χ2n) is 5.71. The molecule has 3 rings (SSSR count). The summed E-state index contributed by atoms with van der Waals surface area (Å²) in [6.45, 7) is 0.765. The smallest absolute Gasteiger partial charge is 0.115 e. The molecule has 0 bridgehead atoms. The SMILES string of the molecule is N#CC1(c2ccccc2)CC(NCc2ccc(O)cc2)C1. The molecule has 0 spiro atoms.